The number of hydrogen-bond donors (Lipinski definition) is 0. The lowest BCUT2D eigenvalue weighted by Crippen LogP contribution is -2.43. The van der Waals surface area contributed by atoms with Gasteiger partial charge in [-0.15, -0.1) is 0 Å². The number of carbonyl (C=O) groups excluding carboxylic acids is 1. The van der Waals surface area contributed by atoms with E-state index in [4.69, 9.17) is 9.47 Å². The molecule has 0 aliphatic carbocycles. The van der Waals surface area contributed by atoms with Crippen LogP contribution in [0, 0.1) is 0 Å². The molecule has 0 fully saturated rings. The third-order valence-electron chi connectivity index (χ3n) is 3.05. The third kappa shape index (κ3) is 3.41. The van der Waals surface area contributed by atoms with Crippen LogP contribution in [0.1, 0.15) is 13.3 Å². The highest BCUT2D eigenvalue weighted by Crippen LogP contribution is 2.31. The SMILES string of the molecule is CCC(Br)C(=O)N(C)CC1COc2ccccc2O1. The average molecular weight is 328 g/mol. The molecule has 0 saturated heterocycles. The fraction of sp³-hybridized carbons (Fsp3) is 0.500. The Morgan fingerprint density at radius 1 is 1.47 bits per heavy atom. The number of benzene rings is 1. The molecule has 0 spiro atoms. The minimum Gasteiger partial charge on any atom is -0.486 e. The molecule has 2 unspecified atom stereocenters. The van der Waals surface area contributed by atoms with Crippen molar-refractivity contribution in [3.8, 4) is 11.5 Å². The summed E-state index contributed by atoms with van der Waals surface area (Å²) in [6.45, 7) is 2.96. The van der Waals surface area contributed by atoms with Gasteiger partial charge in [-0.2, -0.15) is 0 Å². The van der Waals surface area contributed by atoms with Gasteiger partial charge in [0.15, 0.2) is 17.6 Å². The molecule has 0 N–H and O–H groups in total. The number of likely N-dealkylation sites (N-methyl/N-ethyl adjacent to an activating group) is 1. The van der Waals surface area contributed by atoms with Gasteiger partial charge in [-0.1, -0.05) is 35.0 Å². The van der Waals surface area contributed by atoms with Crippen molar-refractivity contribution in [1.82, 2.24) is 4.90 Å². The molecule has 1 aliphatic heterocycles. The smallest absolute Gasteiger partial charge is 0.236 e. The van der Waals surface area contributed by atoms with E-state index >= 15 is 0 Å². The van der Waals surface area contributed by atoms with Gasteiger partial charge in [0.25, 0.3) is 0 Å². The predicted octanol–water partition coefficient (Wildman–Crippen LogP) is 2.46. The van der Waals surface area contributed by atoms with Crippen molar-refractivity contribution in [1.29, 1.82) is 0 Å². The number of hydrogen-bond acceptors (Lipinski definition) is 3. The minimum absolute atomic E-state index is 0.0740. The van der Waals surface area contributed by atoms with Gasteiger partial charge in [-0.3, -0.25) is 4.79 Å². The zero-order valence-electron chi connectivity index (χ0n) is 11.1. The van der Waals surface area contributed by atoms with Crippen LogP contribution < -0.4 is 9.47 Å². The lowest BCUT2D eigenvalue weighted by Gasteiger charge is -2.30. The highest BCUT2D eigenvalue weighted by atomic mass is 79.9. The Bertz CT molecular complexity index is 452. The van der Waals surface area contributed by atoms with Crippen LogP contribution in [0.15, 0.2) is 24.3 Å². The zero-order chi connectivity index (χ0) is 13.8. The van der Waals surface area contributed by atoms with Gasteiger partial charge in [0, 0.05) is 7.05 Å². The normalized spacial score (nSPS) is 18.8. The van der Waals surface area contributed by atoms with Crippen molar-refractivity contribution in [2.75, 3.05) is 20.2 Å². The van der Waals surface area contributed by atoms with Gasteiger partial charge in [0.05, 0.1) is 11.4 Å². The lowest BCUT2D eigenvalue weighted by atomic mass is 10.2. The average Bonchev–Trinajstić information content (AvgIpc) is 2.45. The van der Waals surface area contributed by atoms with Crippen LogP contribution in [0.5, 0.6) is 11.5 Å². The number of halogens is 1. The maximum absolute atomic E-state index is 12.0. The molecule has 1 aromatic carbocycles. The van der Waals surface area contributed by atoms with Crippen molar-refractivity contribution in [2.45, 2.75) is 24.3 Å². The van der Waals surface area contributed by atoms with E-state index in [2.05, 4.69) is 15.9 Å². The minimum atomic E-state index is -0.130. The third-order valence-corrected chi connectivity index (χ3v) is 4.09. The topological polar surface area (TPSA) is 38.8 Å². The van der Waals surface area contributed by atoms with Gasteiger partial charge >= 0.3 is 0 Å². The van der Waals surface area contributed by atoms with E-state index in [0.717, 1.165) is 17.9 Å². The molecular formula is C14H18BrNO3. The Labute approximate surface area is 121 Å². The van der Waals surface area contributed by atoms with Gasteiger partial charge < -0.3 is 14.4 Å². The van der Waals surface area contributed by atoms with Crippen LogP contribution >= 0.6 is 15.9 Å². The second-order valence-electron chi connectivity index (χ2n) is 4.59. The molecule has 1 heterocycles. The van der Waals surface area contributed by atoms with Gasteiger partial charge in [0.2, 0.25) is 5.91 Å². The van der Waals surface area contributed by atoms with E-state index < -0.39 is 0 Å². The van der Waals surface area contributed by atoms with Crippen LogP contribution in [0.4, 0.5) is 0 Å². The van der Waals surface area contributed by atoms with Gasteiger partial charge in [-0.25, -0.2) is 0 Å². The zero-order valence-corrected chi connectivity index (χ0v) is 12.7. The molecule has 0 aromatic heterocycles. The Morgan fingerprint density at radius 3 is 2.84 bits per heavy atom. The molecule has 4 nitrogen and oxygen atoms in total. The largest absolute Gasteiger partial charge is 0.486 e. The van der Waals surface area contributed by atoms with Crippen molar-refractivity contribution in [3.05, 3.63) is 24.3 Å². The molecule has 5 heteroatoms. The summed E-state index contributed by atoms with van der Waals surface area (Å²) in [4.78, 5) is 13.5. The quantitative estimate of drug-likeness (QED) is 0.797. The fourth-order valence-electron chi connectivity index (χ4n) is 1.96. The van der Waals surface area contributed by atoms with Crippen LogP contribution in [0.2, 0.25) is 0 Å². The van der Waals surface area contributed by atoms with E-state index in [1.807, 2.05) is 31.2 Å². The Balaban J connectivity index is 1.93. The Morgan fingerprint density at radius 2 is 2.16 bits per heavy atom. The number of carbonyl (C=O) groups is 1. The van der Waals surface area contributed by atoms with E-state index in [1.54, 1.807) is 11.9 Å². The highest BCUT2D eigenvalue weighted by Gasteiger charge is 2.25. The molecule has 1 aromatic rings. The Kier molecular flexibility index (Phi) is 4.69. The molecule has 2 atom stereocenters. The van der Waals surface area contributed by atoms with Crippen LogP contribution in [-0.4, -0.2) is 41.9 Å². The molecular weight excluding hydrogens is 310 g/mol. The predicted molar refractivity (Wildman–Crippen MR) is 77.0 cm³/mol. The summed E-state index contributed by atoms with van der Waals surface area (Å²) in [6.07, 6.45) is 0.647. The second kappa shape index (κ2) is 6.28. The maximum atomic E-state index is 12.0. The standard InChI is InChI=1S/C14H18BrNO3/c1-3-11(15)14(17)16(2)8-10-9-18-12-6-4-5-7-13(12)19-10/h4-7,10-11H,3,8-9H2,1-2H3. The molecule has 1 aliphatic rings. The number of nitrogens with zero attached hydrogens (tertiary/aromatic N) is 1. The Hall–Kier alpha value is -1.23. The van der Waals surface area contributed by atoms with Crippen molar-refractivity contribution >= 4 is 21.8 Å². The molecule has 2 rings (SSSR count). The first-order valence-corrected chi connectivity index (χ1v) is 7.31. The number of alkyl halides is 1. The fourth-order valence-corrected chi connectivity index (χ4v) is 2.31. The molecule has 0 bridgehead atoms. The van der Waals surface area contributed by atoms with Crippen LogP contribution in [0.25, 0.3) is 0 Å². The van der Waals surface area contributed by atoms with E-state index in [9.17, 15) is 4.79 Å². The summed E-state index contributed by atoms with van der Waals surface area (Å²) in [6, 6.07) is 7.58. The van der Waals surface area contributed by atoms with Crippen molar-refractivity contribution in [3.63, 3.8) is 0 Å². The van der Waals surface area contributed by atoms with Crippen molar-refractivity contribution in [2.24, 2.45) is 0 Å². The first-order chi connectivity index (χ1) is 9.11. The van der Waals surface area contributed by atoms with Crippen molar-refractivity contribution < 1.29 is 14.3 Å². The first kappa shape index (κ1) is 14.2. The van der Waals surface area contributed by atoms with E-state index in [0.29, 0.717) is 13.2 Å². The summed E-state index contributed by atoms with van der Waals surface area (Å²) < 4.78 is 11.5. The summed E-state index contributed by atoms with van der Waals surface area (Å²) in [5.74, 6) is 1.58. The number of rotatable bonds is 4. The number of para-hydroxylation sites is 2. The number of ether oxygens (including phenoxy) is 2. The summed E-state index contributed by atoms with van der Waals surface area (Å²) in [5.41, 5.74) is 0. The first-order valence-electron chi connectivity index (χ1n) is 6.39. The monoisotopic (exact) mass is 327 g/mol. The van der Waals surface area contributed by atoms with Gasteiger partial charge in [-0.05, 0) is 18.6 Å². The molecule has 0 saturated carbocycles. The van der Waals surface area contributed by atoms with E-state index in [1.165, 1.54) is 0 Å². The summed E-state index contributed by atoms with van der Waals surface area (Å²) in [7, 11) is 1.79. The summed E-state index contributed by atoms with van der Waals surface area (Å²) >= 11 is 3.37. The number of amides is 1. The molecule has 0 radical (unpaired) electrons. The summed E-state index contributed by atoms with van der Waals surface area (Å²) in [5, 5.41) is 0. The molecule has 1 amide bonds. The number of fused-ring (bicyclic) bond motifs is 1. The lowest BCUT2D eigenvalue weighted by molar-refractivity contribution is -0.130. The van der Waals surface area contributed by atoms with E-state index in [-0.39, 0.29) is 16.8 Å². The van der Waals surface area contributed by atoms with Gasteiger partial charge in [0.1, 0.15) is 6.61 Å². The van der Waals surface area contributed by atoms with Crippen LogP contribution in [0.3, 0.4) is 0 Å². The highest BCUT2D eigenvalue weighted by molar-refractivity contribution is 9.10. The maximum Gasteiger partial charge on any atom is 0.236 e. The molecule has 104 valence electrons. The second-order valence-corrected chi connectivity index (χ2v) is 5.70. The molecule has 19 heavy (non-hydrogen) atoms. The van der Waals surface area contributed by atoms with Crippen LogP contribution in [-0.2, 0) is 4.79 Å².